The van der Waals surface area contributed by atoms with Gasteiger partial charge < -0.3 is 26.4 Å². The first-order chi connectivity index (χ1) is 20.5. The minimum atomic E-state index is -0.627. The second-order valence-corrected chi connectivity index (χ2v) is 13.5. The molecule has 2 atom stereocenters. The Labute approximate surface area is 252 Å². The van der Waals surface area contributed by atoms with Crippen molar-refractivity contribution < 1.29 is 9.53 Å². The fourth-order valence-corrected chi connectivity index (χ4v) is 9.06. The van der Waals surface area contributed by atoms with Crippen molar-refractivity contribution in [2.75, 3.05) is 36.5 Å². The molecule has 1 saturated carbocycles. The summed E-state index contributed by atoms with van der Waals surface area (Å²) in [6, 6.07) is 1.78. The third-order valence-corrected chi connectivity index (χ3v) is 11.1. The highest BCUT2D eigenvalue weighted by Crippen LogP contribution is 2.40. The van der Waals surface area contributed by atoms with Gasteiger partial charge in [0.1, 0.15) is 11.9 Å². The SMILES string of the molecule is NC(=O)c1c(Cc2ncc(-c3csc4c(=O)cc(N5CCOCC5)sc34)s2)nc(N[C@H]2CCCC[C@H]2N)n2ncnc12. The van der Waals surface area contributed by atoms with Crippen LogP contribution >= 0.6 is 34.0 Å². The Kier molecular flexibility index (Phi) is 7.35. The number of morpholine rings is 1. The van der Waals surface area contributed by atoms with E-state index in [2.05, 4.69) is 25.3 Å². The zero-order valence-corrected chi connectivity index (χ0v) is 25.1. The van der Waals surface area contributed by atoms with Gasteiger partial charge in [0.25, 0.3) is 5.91 Å². The van der Waals surface area contributed by atoms with Crippen LogP contribution in [0.3, 0.4) is 0 Å². The van der Waals surface area contributed by atoms with E-state index in [0.717, 1.165) is 68.6 Å². The van der Waals surface area contributed by atoms with E-state index in [1.165, 1.54) is 33.5 Å². The van der Waals surface area contributed by atoms with Crippen LogP contribution in [-0.2, 0) is 11.2 Å². The Bertz CT molecular complexity index is 1840. The third-order valence-electron chi connectivity index (χ3n) is 7.77. The fraction of sp³-hybridized carbons (Fsp3) is 0.407. The maximum atomic E-state index is 13.0. The molecule has 6 heterocycles. The van der Waals surface area contributed by atoms with Gasteiger partial charge in [0.15, 0.2) is 11.1 Å². The molecule has 1 saturated heterocycles. The monoisotopic (exact) mass is 623 g/mol. The first-order valence-corrected chi connectivity index (χ1v) is 16.3. The number of fused-ring (bicyclic) bond motifs is 2. The molecule has 2 fully saturated rings. The van der Waals surface area contributed by atoms with Gasteiger partial charge >= 0.3 is 0 Å². The maximum Gasteiger partial charge on any atom is 0.254 e. The molecule has 0 spiro atoms. The van der Waals surface area contributed by atoms with E-state index in [1.54, 1.807) is 17.4 Å². The molecular formula is C27H29N9O3S3. The van der Waals surface area contributed by atoms with E-state index in [1.807, 2.05) is 11.6 Å². The lowest BCUT2D eigenvalue weighted by molar-refractivity contribution is 0.1000. The molecule has 12 nitrogen and oxygen atoms in total. The van der Waals surface area contributed by atoms with Crippen LogP contribution in [0.5, 0.6) is 0 Å². The number of ether oxygens (including phenoxy) is 1. The van der Waals surface area contributed by atoms with Crippen molar-refractivity contribution in [1.82, 2.24) is 24.6 Å². The number of anilines is 2. The Hall–Kier alpha value is -3.50. The van der Waals surface area contributed by atoms with Crippen molar-refractivity contribution in [2.45, 2.75) is 44.2 Å². The van der Waals surface area contributed by atoms with Crippen LogP contribution < -0.4 is 27.1 Å². The first-order valence-electron chi connectivity index (χ1n) is 13.8. The molecule has 1 aliphatic heterocycles. The zero-order chi connectivity index (χ0) is 28.8. The minimum Gasteiger partial charge on any atom is -0.378 e. The summed E-state index contributed by atoms with van der Waals surface area (Å²) >= 11 is 4.59. The molecule has 5 N–H and O–H groups in total. The number of primary amides is 1. The number of nitrogens with two attached hydrogens (primary N) is 2. The number of rotatable bonds is 7. The Morgan fingerprint density at radius 1 is 1.14 bits per heavy atom. The predicted molar refractivity (Wildman–Crippen MR) is 166 cm³/mol. The summed E-state index contributed by atoms with van der Waals surface area (Å²) in [7, 11) is 0. The molecule has 0 aromatic carbocycles. The van der Waals surface area contributed by atoms with Crippen molar-refractivity contribution in [3.63, 3.8) is 0 Å². The molecule has 1 aliphatic carbocycles. The molecule has 1 amide bonds. The van der Waals surface area contributed by atoms with E-state index in [4.69, 9.17) is 21.2 Å². The number of thiophene rings is 1. The van der Waals surface area contributed by atoms with E-state index in [0.29, 0.717) is 30.5 Å². The van der Waals surface area contributed by atoms with Gasteiger partial charge in [0, 0.05) is 54.8 Å². The highest BCUT2D eigenvalue weighted by Gasteiger charge is 2.26. The number of nitrogens with one attached hydrogen (secondary N) is 1. The largest absolute Gasteiger partial charge is 0.378 e. The number of hydrogen-bond acceptors (Lipinski definition) is 13. The van der Waals surface area contributed by atoms with Gasteiger partial charge in [0.2, 0.25) is 5.95 Å². The summed E-state index contributed by atoms with van der Waals surface area (Å²) in [5, 5.41) is 11.5. The number of hydrogen-bond donors (Lipinski definition) is 3. The number of aromatic nitrogens is 5. The molecule has 7 rings (SSSR count). The normalized spacial score (nSPS) is 19.5. The summed E-state index contributed by atoms with van der Waals surface area (Å²) in [6.07, 6.45) is 7.55. The smallest absolute Gasteiger partial charge is 0.254 e. The van der Waals surface area contributed by atoms with Crippen LogP contribution in [0.2, 0.25) is 0 Å². The molecule has 0 bridgehead atoms. The van der Waals surface area contributed by atoms with E-state index in [9.17, 15) is 9.59 Å². The average Bonchev–Trinajstić information content (AvgIpc) is 3.75. The third kappa shape index (κ3) is 5.04. The van der Waals surface area contributed by atoms with Crippen molar-refractivity contribution in [2.24, 2.45) is 11.5 Å². The number of amides is 1. The Morgan fingerprint density at radius 2 is 1.98 bits per heavy atom. The summed E-state index contributed by atoms with van der Waals surface area (Å²) in [4.78, 5) is 42.6. The standard InChI is InChI=1S/C27H29N9O3S3/c28-15-3-1-2-4-16(15)33-27-34-17(22(25(29)38)26-31-13-32-36(26)27)9-20-30-11-19(41-20)14-12-40-24-18(37)10-21(42-23(14)24)35-5-7-39-8-6-35/h10-13,15-16H,1-9,28H2,(H2,29,38)(H,33,34)/t15-,16+/m1/s1. The lowest BCUT2D eigenvalue weighted by Gasteiger charge is -2.29. The quantitative estimate of drug-likeness (QED) is 0.245. The van der Waals surface area contributed by atoms with Crippen molar-refractivity contribution in [3.05, 3.63) is 50.5 Å². The lowest BCUT2D eigenvalue weighted by atomic mass is 9.91. The zero-order valence-electron chi connectivity index (χ0n) is 22.6. The van der Waals surface area contributed by atoms with Crippen LogP contribution in [0.15, 0.2) is 28.8 Å². The van der Waals surface area contributed by atoms with Crippen molar-refractivity contribution in [1.29, 1.82) is 0 Å². The van der Waals surface area contributed by atoms with E-state index >= 15 is 0 Å². The number of thiazole rings is 1. The first kappa shape index (κ1) is 27.3. The summed E-state index contributed by atoms with van der Waals surface area (Å²) < 4.78 is 8.71. The number of carbonyl (C=O) groups is 1. The van der Waals surface area contributed by atoms with Gasteiger partial charge in [0.05, 0.1) is 43.2 Å². The second kappa shape index (κ2) is 11.3. The Morgan fingerprint density at radius 3 is 2.79 bits per heavy atom. The van der Waals surface area contributed by atoms with Gasteiger partial charge in [-0.1, -0.05) is 12.8 Å². The van der Waals surface area contributed by atoms with Crippen molar-refractivity contribution in [3.8, 4) is 10.4 Å². The van der Waals surface area contributed by atoms with Crippen LogP contribution in [0, 0.1) is 0 Å². The summed E-state index contributed by atoms with van der Waals surface area (Å²) in [6.45, 7) is 2.84. The van der Waals surface area contributed by atoms with Gasteiger partial charge in [-0.05, 0) is 12.8 Å². The van der Waals surface area contributed by atoms with Crippen LogP contribution in [-0.4, -0.2) is 68.9 Å². The van der Waals surface area contributed by atoms with E-state index < -0.39 is 5.91 Å². The van der Waals surface area contributed by atoms with E-state index in [-0.39, 0.29) is 29.5 Å². The highest BCUT2D eigenvalue weighted by atomic mass is 32.1. The van der Waals surface area contributed by atoms with Gasteiger partial charge in [-0.3, -0.25) is 9.59 Å². The lowest BCUT2D eigenvalue weighted by Crippen LogP contribution is -2.43. The predicted octanol–water partition coefficient (Wildman–Crippen LogP) is 3.09. The van der Waals surface area contributed by atoms with Gasteiger partial charge in [-0.2, -0.15) is 9.61 Å². The van der Waals surface area contributed by atoms with Crippen molar-refractivity contribution >= 4 is 65.9 Å². The molecular weight excluding hydrogens is 595 g/mol. The van der Waals surface area contributed by atoms with Crippen LogP contribution in [0.25, 0.3) is 25.5 Å². The van der Waals surface area contributed by atoms with Crippen LogP contribution in [0.4, 0.5) is 10.9 Å². The molecule has 15 heteroatoms. The molecule has 2 aliphatic rings. The number of carbonyl (C=O) groups excluding carboxylic acids is 1. The maximum absolute atomic E-state index is 13.0. The topological polar surface area (TPSA) is 167 Å². The molecule has 0 radical (unpaired) electrons. The second-order valence-electron chi connectivity index (χ2n) is 10.5. The molecule has 0 unspecified atom stereocenters. The Balaban J connectivity index is 1.23. The number of nitrogens with zero attached hydrogens (tertiary/aromatic N) is 6. The fourth-order valence-electron chi connectivity index (χ4n) is 5.60. The summed E-state index contributed by atoms with van der Waals surface area (Å²) in [5.74, 6) is -0.150. The van der Waals surface area contributed by atoms with Crippen LogP contribution in [0.1, 0.15) is 46.7 Å². The molecule has 5 aromatic rings. The van der Waals surface area contributed by atoms with Gasteiger partial charge in [-0.25, -0.2) is 15.0 Å². The molecule has 218 valence electrons. The highest BCUT2D eigenvalue weighted by molar-refractivity contribution is 7.29. The minimum absolute atomic E-state index is 0.000178. The molecule has 42 heavy (non-hydrogen) atoms. The van der Waals surface area contributed by atoms with Gasteiger partial charge in [-0.15, -0.1) is 34.0 Å². The molecule has 5 aromatic heterocycles. The summed E-state index contributed by atoms with van der Waals surface area (Å²) in [5.41, 5.74) is 14.3. The average molecular weight is 624 g/mol.